The molecule has 0 aliphatic rings. The van der Waals surface area contributed by atoms with Crippen LogP contribution < -0.4 is 10.6 Å². The molecule has 134 valence electrons. The zero-order valence-corrected chi connectivity index (χ0v) is 14.7. The molecule has 0 radical (unpaired) electrons. The van der Waals surface area contributed by atoms with Gasteiger partial charge in [-0.25, -0.2) is 4.79 Å². The number of ether oxygens (including phenoxy) is 1. The highest BCUT2D eigenvalue weighted by molar-refractivity contribution is 6.30. The first-order valence-electron chi connectivity index (χ1n) is 7.71. The third kappa shape index (κ3) is 6.41. The number of halogens is 1. The Balaban J connectivity index is 1.98. The van der Waals surface area contributed by atoms with Crippen LogP contribution in [0.2, 0.25) is 5.02 Å². The average molecular weight is 373 g/mol. The van der Waals surface area contributed by atoms with E-state index in [1.807, 2.05) is 6.07 Å². The highest BCUT2D eigenvalue weighted by Crippen LogP contribution is 2.13. The van der Waals surface area contributed by atoms with Crippen LogP contribution in [0.1, 0.15) is 12.5 Å². The molecule has 0 fully saturated rings. The van der Waals surface area contributed by atoms with Crippen molar-refractivity contribution in [1.29, 1.82) is 0 Å². The summed E-state index contributed by atoms with van der Waals surface area (Å²) in [6.45, 7) is 0.784. The highest BCUT2D eigenvalue weighted by Gasteiger charge is 2.15. The predicted octanol–water partition coefficient (Wildman–Crippen LogP) is 3.00. The van der Waals surface area contributed by atoms with E-state index in [1.165, 1.54) is 13.0 Å². The molecule has 2 rings (SSSR count). The minimum atomic E-state index is -0.810. The van der Waals surface area contributed by atoms with Gasteiger partial charge in [0, 0.05) is 17.6 Å². The van der Waals surface area contributed by atoms with Crippen LogP contribution in [-0.4, -0.2) is 24.4 Å². The molecule has 2 aromatic carbocycles. The Morgan fingerprint density at radius 1 is 1.04 bits per heavy atom. The summed E-state index contributed by atoms with van der Waals surface area (Å²) in [6.07, 6.45) is 1.47. The lowest BCUT2D eigenvalue weighted by molar-refractivity contribution is -0.144. The largest absolute Gasteiger partial charge is 0.451 e. The number of amides is 2. The number of hydrogen-bond donors (Lipinski definition) is 2. The molecule has 0 aromatic heterocycles. The van der Waals surface area contributed by atoms with Crippen molar-refractivity contribution in [2.24, 2.45) is 0 Å². The number of anilines is 1. The van der Waals surface area contributed by atoms with Crippen molar-refractivity contribution >= 4 is 41.1 Å². The fourth-order valence-corrected chi connectivity index (χ4v) is 2.12. The first-order valence-corrected chi connectivity index (χ1v) is 8.09. The van der Waals surface area contributed by atoms with Gasteiger partial charge in [-0.15, -0.1) is 0 Å². The Morgan fingerprint density at radius 2 is 1.69 bits per heavy atom. The monoisotopic (exact) mass is 372 g/mol. The summed E-state index contributed by atoms with van der Waals surface area (Å²) in [5.41, 5.74) is 1.18. The number of carbonyl (C=O) groups excluding carboxylic acids is 3. The molecule has 0 unspecified atom stereocenters. The van der Waals surface area contributed by atoms with Gasteiger partial charge >= 0.3 is 5.97 Å². The maximum absolute atomic E-state index is 12.2. The zero-order chi connectivity index (χ0) is 18.9. The SMILES string of the molecule is CC(=O)N/C(=C/c1ccccc1)C(=O)OCC(=O)Nc1ccc(Cl)cc1. The predicted molar refractivity (Wildman–Crippen MR) is 99.3 cm³/mol. The number of nitrogens with one attached hydrogen (secondary N) is 2. The Hall–Kier alpha value is -3.12. The first-order chi connectivity index (χ1) is 12.4. The maximum Gasteiger partial charge on any atom is 0.355 e. The summed E-state index contributed by atoms with van der Waals surface area (Å²) in [5, 5.41) is 5.52. The molecular weight excluding hydrogens is 356 g/mol. The molecule has 0 atom stereocenters. The molecule has 2 N–H and O–H groups in total. The zero-order valence-electron chi connectivity index (χ0n) is 14.0. The van der Waals surface area contributed by atoms with Crippen molar-refractivity contribution in [2.45, 2.75) is 6.92 Å². The van der Waals surface area contributed by atoms with Crippen LogP contribution >= 0.6 is 11.6 Å². The van der Waals surface area contributed by atoms with E-state index in [9.17, 15) is 14.4 Å². The number of benzene rings is 2. The Morgan fingerprint density at radius 3 is 2.31 bits per heavy atom. The molecule has 0 spiro atoms. The average Bonchev–Trinajstić information content (AvgIpc) is 2.61. The van der Waals surface area contributed by atoms with Gasteiger partial charge in [0.05, 0.1) is 0 Å². The van der Waals surface area contributed by atoms with Gasteiger partial charge in [0.15, 0.2) is 6.61 Å². The summed E-state index contributed by atoms with van der Waals surface area (Å²) in [4.78, 5) is 35.4. The molecule has 0 heterocycles. The molecular formula is C19H17ClN2O4. The molecule has 26 heavy (non-hydrogen) atoms. The third-order valence-corrected chi connectivity index (χ3v) is 3.36. The third-order valence-electron chi connectivity index (χ3n) is 3.10. The lowest BCUT2D eigenvalue weighted by Crippen LogP contribution is -2.28. The number of rotatable bonds is 6. The fourth-order valence-electron chi connectivity index (χ4n) is 1.99. The van der Waals surface area contributed by atoms with Crippen molar-refractivity contribution in [3.63, 3.8) is 0 Å². The van der Waals surface area contributed by atoms with Gasteiger partial charge in [0.25, 0.3) is 5.91 Å². The Bertz CT molecular complexity index is 817. The second-order valence-electron chi connectivity index (χ2n) is 5.28. The molecule has 0 aliphatic heterocycles. The van der Waals surface area contributed by atoms with Gasteiger partial charge in [-0.2, -0.15) is 0 Å². The number of hydrogen-bond acceptors (Lipinski definition) is 4. The topological polar surface area (TPSA) is 84.5 Å². The van der Waals surface area contributed by atoms with Gasteiger partial charge in [0.2, 0.25) is 5.91 Å². The van der Waals surface area contributed by atoms with E-state index in [0.29, 0.717) is 16.3 Å². The molecule has 7 heteroatoms. The Labute approximate surface area is 155 Å². The fraction of sp³-hybridized carbons (Fsp3) is 0.105. The first kappa shape index (κ1) is 19.2. The van der Waals surface area contributed by atoms with Crippen LogP contribution in [0.15, 0.2) is 60.3 Å². The van der Waals surface area contributed by atoms with Crippen molar-refractivity contribution in [3.8, 4) is 0 Å². The van der Waals surface area contributed by atoms with Crippen LogP contribution in [0.3, 0.4) is 0 Å². The van der Waals surface area contributed by atoms with Crippen molar-refractivity contribution in [1.82, 2.24) is 5.32 Å². The van der Waals surface area contributed by atoms with Gasteiger partial charge < -0.3 is 15.4 Å². The van der Waals surface area contributed by atoms with E-state index in [2.05, 4.69) is 10.6 Å². The smallest absolute Gasteiger partial charge is 0.355 e. The minimum Gasteiger partial charge on any atom is -0.451 e. The van der Waals surface area contributed by atoms with Gasteiger partial charge in [-0.1, -0.05) is 41.9 Å². The van der Waals surface area contributed by atoms with Crippen LogP contribution in [0.25, 0.3) is 6.08 Å². The second kappa shape index (κ2) is 9.39. The highest BCUT2D eigenvalue weighted by atomic mass is 35.5. The van der Waals surface area contributed by atoms with Crippen LogP contribution in [0.5, 0.6) is 0 Å². The summed E-state index contributed by atoms with van der Waals surface area (Å²) in [5.74, 6) is -1.74. The minimum absolute atomic E-state index is 0.0528. The van der Waals surface area contributed by atoms with Gasteiger partial charge in [0.1, 0.15) is 5.70 Å². The van der Waals surface area contributed by atoms with Crippen LogP contribution in [0, 0.1) is 0 Å². The van der Waals surface area contributed by atoms with Crippen molar-refractivity contribution < 1.29 is 19.1 Å². The van der Waals surface area contributed by atoms with Gasteiger partial charge in [-0.05, 0) is 35.9 Å². The molecule has 6 nitrogen and oxygen atoms in total. The summed E-state index contributed by atoms with van der Waals surface area (Å²) in [6, 6.07) is 15.4. The number of esters is 1. The Kier molecular flexibility index (Phi) is 6.93. The second-order valence-corrected chi connectivity index (χ2v) is 5.72. The molecule has 2 aromatic rings. The molecule has 0 saturated heterocycles. The number of carbonyl (C=O) groups is 3. The molecule has 0 saturated carbocycles. The van der Waals surface area contributed by atoms with E-state index < -0.39 is 24.4 Å². The van der Waals surface area contributed by atoms with Gasteiger partial charge in [-0.3, -0.25) is 9.59 Å². The molecule has 0 aliphatic carbocycles. The van der Waals surface area contributed by atoms with Crippen LogP contribution in [0.4, 0.5) is 5.69 Å². The van der Waals surface area contributed by atoms with Crippen molar-refractivity contribution in [2.75, 3.05) is 11.9 Å². The van der Waals surface area contributed by atoms with Crippen molar-refractivity contribution in [3.05, 3.63) is 70.9 Å². The van der Waals surface area contributed by atoms with E-state index in [-0.39, 0.29) is 5.70 Å². The normalized spacial score (nSPS) is 10.8. The van der Waals surface area contributed by atoms with Crippen LogP contribution in [-0.2, 0) is 19.1 Å². The molecule has 0 bridgehead atoms. The summed E-state index contributed by atoms with van der Waals surface area (Å²) < 4.78 is 4.97. The van der Waals surface area contributed by atoms with E-state index in [1.54, 1.807) is 48.5 Å². The molecule has 2 amide bonds. The van der Waals surface area contributed by atoms with E-state index in [4.69, 9.17) is 16.3 Å². The lowest BCUT2D eigenvalue weighted by atomic mass is 10.2. The lowest BCUT2D eigenvalue weighted by Gasteiger charge is -2.09. The standard InChI is InChI=1S/C19H17ClN2O4/c1-13(23)21-17(11-14-5-3-2-4-6-14)19(25)26-12-18(24)22-16-9-7-15(20)8-10-16/h2-11H,12H2,1H3,(H,21,23)(H,22,24)/b17-11+. The van der Waals surface area contributed by atoms with E-state index >= 15 is 0 Å². The van der Waals surface area contributed by atoms with E-state index in [0.717, 1.165) is 0 Å². The quantitative estimate of drug-likeness (QED) is 0.603. The summed E-state index contributed by atoms with van der Waals surface area (Å²) >= 11 is 5.77. The maximum atomic E-state index is 12.2. The summed E-state index contributed by atoms with van der Waals surface area (Å²) in [7, 11) is 0.